The van der Waals surface area contributed by atoms with Crippen LogP contribution in [0.15, 0.2) is 42.9 Å². The molecule has 2 N–H and O–H groups in total. The van der Waals surface area contributed by atoms with E-state index in [0.29, 0.717) is 13.1 Å². The number of nitrogens with zero attached hydrogens (tertiary/aromatic N) is 5. The number of piperazine rings is 1. The molecule has 160 valence electrons. The Labute approximate surface area is 182 Å². The summed E-state index contributed by atoms with van der Waals surface area (Å²) in [5, 5.41) is 0.736. The monoisotopic (exact) mass is 428 g/mol. The van der Waals surface area contributed by atoms with Gasteiger partial charge in [-0.25, -0.2) is 4.98 Å². The number of carbonyl (C=O) groups is 1. The normalized spacial score (nSPS) is 19.7. The van der Waals surface area contributed by atoms with Crippen LogP contribution in [-0.4, -0.2) is 78.0 Å². The maximum atomic E-state index is 12.9. The summed E-state index contributed by atoms with van der Waals surface area (Å²) in [7, 11) is 0. The zero-order valence-electron chi connectivity index (χ0n) is 17.2. The molecule has 2 aliphatic heterocycles. The van der Waals surface area contributed by atoms with Crippen molar-refractivity contribution in [2.24, 2.45) is 5.73 Å². The average Bonchev–Trinajstić information content (AvgIpc) is 2.80. The van der Waals surface area contributed by atoms with Gasteiger partial charge in [0, 0.05) is 68.6 Å². The quantitative estimate of drug-likeness (QED) is 0.782. The number of benzene rings is 1. The van der Waals surface area contributed by atoms with Gasteiger partial charge in [0.15, 0.2) is 0 Å². The molecule has 8 heteroatoms. The number of anilines is 1. The molecule has 0 aliphatic carbocycles. The maximum absolute atomic E-state index is 12.9. The summed E-state index contributed by atoms with van der Waals surface area (Å²) < 4.78 is 0. The van der Waals surface area contributed by atoms with E-state index in [0.717, 1.165) is 63.0 Å². The molecule has 7 nitrogen and oxygen atoms in total. The number of piperidine rings is 1. The lowest BCUT2D eigenvalue weighted by molar-refractivity contribution is -0.134. The first-order valence-corrected chi connectivity index (χ1v) is 10.9. The second-order valence-corrected chi connectivity index (χ2v) is 8.64. The van der Waals surface area contributed by atoms with Gasteiger partial charge in [0.2, 0.25) is 5.91 Å². The fourth-order valence-electron chi connectivity index (χ4n) is 4.49. The van der Waals surface area contributed by atoms with Crippen molar-refractivity contribution in [3.8, 4) is 0 Å². The van der Waals surface area contributed by atoms with Crippen LogP contribution in [-0.2, 0) is 10.2 Å². The highest BCUT2D eigenvalue weighted by Crippen LogP contribution is 2.35. The molecule has 2 aromatic rings. The molecule has 0 unspecified atom stereocenters. The Morgan fingerprint density at radius 1 is 1.10 bits per heavy atom. The molecule has 0 radical (unpaired) electrons. The minimum Gasteiger partial charge on any atom is -0.353 e. The number of halogens is 1. The van der Waals surface area contributed by atoms with Gasteiger partial charge in [-0.05, 0) is 30.5 Å². The molecule has 0 spiro atoms. The Kier molecular flexibility index (Phi) is 6.51. The number of rotatable bonds is 5. The second-order valence-electron chi connectivity index (χ2n) is 8.20. The average molecular weight is 429 g/mol. The third-order valence-corrected chi connectivity index (χ3v) is 6.74. The first-order chi connectivity index (χ1) is 14.6. The lowest BCUT2D eigenvalue weighted by Crippen LogP contribution is -2.53. The van der Waals surface area contributed by atoms with Crippen LogP contribution < -0.4 is 10.6 Å². The summed E-state index contributed by atoms with van der Waals surface area (Å²) in [4.78, 5) is 27.9. The summed E-state index contributed by atoms with van der Waals surface area (Å²) in [6.45, 7) is 5.94. The summed E-state index contributed by atoms with van der Waals surface area (Å²) in [6.07, 6.45) is 6.93. The van der Waals surface area contributed by atoms with Gasteiger partial charge >= 0.3 is 0 Å². The molecule has 3 heterocycles. The molecule has 0 atom stereocenters. The number of amides is 1. The van der Waals surface area contributed by atoms with E-state index in [2.05, 4.69) is 25.8 Å². The van der Waals surface area contributed by atoms with Crippen LogP contribution >= 0.6 is 11.6 Å². The third-order valence-electron chi connectivity index (χ3n) is 6.51. The fourth-order valence-corrected chi connectivity index (χ4v) is 4.68. The minimum absolute atomic E-state index is 0.0932. The van der Waals surface area contributed by atoms with E-state index >= 15 is 0 Å². The zero-order valence-corrected chi connectivity index (χ0v) is 18.0. The standard InChI is InChI=1S/C22H29ClN6O/c23-19-3-1-2-18(14-19)22(17-24)4-8-29(9-5-22)21(30)16-27-10-12-28(13-11-27)20-15-25-6-7-26-20/h1-3,6-7,14-15H,4-5,8-13,16-17,24H2. The largest absolute Gasteiger partial charge is 0.353 e. The first-order valence-electron chi connectivity index (χ1n) is 10.6. The van der Waals surface area contributed by atoms with Crippen molar-refractivity contribution in [1.82, 2.24) is 19.8 Å². The molecule has 30 heavy (non-hydrogen) atoms. The molecular formula is C22H29ClN6O. The van der Waals surface area contributed by atoms with Crippen LogP contribution in [0.1, 0.15) is 18.4 Å². The van der Waals surface area contributed by atoms with Crippen LogP contribution in [0.4, 0.5) is 5.82 Å². The number of carbonyl (C=O) groups excluding carboxylic acids is 1. The smallest absolute Gasteiger partial charge is 0.236 e. The second kappa shape index (κ2) is 9.29. The van der Waals surface area contributed by atoms with Gasteiger partial charge in [0.25, 0.3) is 0 Å². The van der Waals surface area contributed by atoms with E-state index in [1.54, 1.807) is 18.6 Å². The number of aromatic nitrogens is 2. The van der Waals surface area contributed by atoms with Crippen LogP contribution in [0.3, 0.4) is 0 Å². The highest BCUT2D eigenvalue weighted by molar-refractivity contribution is 6.30. The van der Waals surface area contributed by atoms with Crippen molar-refractivity contribution in [1.29, 1.82) is 0 Å². The zero-order chi connectivity index (χ0) is 21.0. The van der Waals surface area contributed by atoms with Crippen molar-refractivity contribution < 1.29 is 4.79 Å². The van der Waals surface area contributed by atoms with Crippen molar-refractivity contribution in [3.63, 3.8) is 0 Å². The Morgan fingerprint density at radius 3 is 2.50 bits per heavy atom. The summed E-state index contributed by atoms with van der Waals surface area (Å²) in [5.41, 5.74) is 7.28. The van der Waals surface area contributed by atoms with Crippen molar-refractivity contribution in [3.05, 3.63) is 53.4 Å². The highest BCUT2D eigenvalue weighted by atomic mass is 35.5. The number of hydrogen-bond donors (Lipinski definition) is 1. The number of hydrogen-bond acceptors (Lipinski definition) is 6. The van der Waals surface area contributed by atoms with E-state index in [1.807, 2.05) is 23.1 Å². The van der Waals surface area contributed by atoms with Gasteiger partial charge in [-0.3, -0.25) is 14.7 Å². The van der Waals surface area contributed by atoms with Crippen LogP contribution in [0, 0.1) is 0 Å². The minimum atomic E-state index is -0.0932. The molecule has 0 saturated carbocycles. The topological polar surface area (TPSA) is 78.6 Å². The van der Waals surface area contributed by atoms with Gasteiger partial charge < -0.3 is 15.5 Å². The molecule has 1 amide bonds. The summed E-state index contributed by atoms with van der Waals surface area (Å²) >= 11 is 6.20. The molecular weight excluding hydrogens is 400 g/mol. The van der Waals surface area contributed by atoms with E-state index in [-0.39, 0.29) is 11.3 Å². The van der Waals surface area contributed by atoms with Gasteiger partial charge in [-0.1, -0.05) is 23.7 Å². The molecule has 2 saturated heterocycles. The Hall–Kier alpha value is -2.22. The summed E-state index contributed by atoms with van der Waals surface area (Å²) in [5.74, 6) is 1.11. The molecule has 4 rings (SSSR count). The van der Waals surface area contributed by atoms with Crippen LogP contribution in [0.2, 0.25) is 5.02 Å². The van der Waals surface area contributed by atoms with E-state index in [9.17, 15) is 4.79 Å². The SMILES string of the molecule is NCC1(c2cccc(Cl)c2)CCN(C(=O)CN2CCN(c3cnccn3)CC2)CC1. The molecule has 1 aromatic heterocycles. The van der Waals surface area contributed by atoms with Crippen molar-refractivity contribution >= 4 is 23.3 Å². The molecule has 2 aliphatic rings. The Bertz CT molecular complexity index is 848. The first kappa shape index (κ1) is 21.0. The molecule has 2 fully saturated rings. The lowest BCUT2D eigenvalue weighted by Gasteiger charge is -2.42. The van der Waals surface area contributed by atoms with Crippen LogP contribution in [0.5, 0.6) is 0 Å². The van der Waals surface area contributed by atoms with E-state index < -0.39 is 0 Å². The van der Waals surface area contributed by atoms with E-state index in [1.165, 1.54) is 5.56 Å². The van der Waals surface area contributed by atoms with Crippen molar-refractivity contribution in [2.45, 2.75) is 18.3 Å². The van der Waals surface area contributed by atoms with Crippen molar-refractivity contribution in [2.75, 3.05) is 57.3 Å². The maximum Gasteiger partial charge on any atom is 0.236 e. The van der Waals surface area contributed by atoms with Gasteiger partial charge in [-0.15, -0.1) is 0 Å². The number of likely N-dealkylation sites (tertiary alicyclic amines) is 1. The van der Waals surface area contributed by atoms with Gasteiger partial charge in [-0.2, -0.15) is 0 Å². The Morgan fingerprint density at radius 2 is 1.87 bits per heavy atom. The summed E-state index contributed by atoms with van der Waals surface area (Å²) in [6, 6.07) is 7.99. The predicted molar refractivity (Wildman–Crippen MR) is 119 cm³/mol. The van der Waals surface area contributed by atoms with E-state index in [4.69, 9.17) is 17.3 Å². The Balaban J connectivity index is 1.29. The third kappa shape index (κ3) is 4.58. The fraction of sp³-hybridized carbons (Fsp3) is 0.500. The van der Waals surface area contributed by atoms with Gasteiger partial charge in [0.05, 0.1) is 12.7 Å². The molecule has 0 bridgehead atoms. The van der Waals surface area contributed by atoms with Gasteiger partial charge in [0.1, 0.15) is 5.82 Å². The highest BCUT2D eigenvalue weighted by Gasteiger charge is 2.36. The lowest BCUT2D eigenvalue weighted by atomic mass is 9.73. The predicted octanol–water partition coefficient (Wildman–Crippen LogP) is 1.77. The van der Waals surface area contributed by atoms with Crippen LogP contribution in [0.25, 0.3) is 0 Å². The number of nitrogens with two attached hydrogens (primary N) is 1. The molecule has 1 aromatic carbocycles.